The number of ether oxygens (including phenoxy) is 1. The van der Waals surface area contributed by atoms with Crippen molar-refractivity contribution >= 4 is 11.3 Å². The van der Waals surface area contributed by atoms with E-state index in [4.69, 9.17) is 9.73 Å². The van der Waals surface area contributed by atoms with Crippen molar-refractivity contribution in [3.8, 4) is 17.0 Å². The van der Waals surface area contributed by atoms with Gasteiger partial charge in [-0.3, -0.25) is 9.98 Å². The molecule has 5 heteroatoms. The molecule has 3 aromatic rings. The molecule has 0 N–H and O–H groups in total. The first-order valence-corrected chi connectivity index (χ1v) is 9.12. The quantitative estimate of drug-likeness (QED) is 0.694. The van der Waals surface area contributed by atoms with Gasteiger partial charge in [-0.05, 0) is 62.2 Å². The first kappa shape index (κ1) is 17.4. The van der Waals surface area contributed by atoms with Gasteiger partial charge in [-0.1, -0.05) is 6.07 Å². The fourth-order valence-corrected chi connectivity index (χ4v) is 3.76. The first-order chi connectivity index (χ1) is 12.0. The highest BCUT2D eigenvalue weighted by molar-refractivity contribution is 7.07. The smallest absolute Gasteiger partial charge is 0.186 e. The molecular weight excluding hydrogens is 330 g/mol. The molecule has 0 unspecified atom stereocenters. The van der Waals surface area contributed by atoms with Crippen molar-refractivity contribution in [3.63, 3.8) is 0 Å². The van der Waals surface area contributed by atoms with E-state index < -0.39 is 0 Å². The van der Waals surface area contributed by atoms with Crippen molar-refractivity contribution in [1.82, 2.24) is 9.55 Å². The molecule has 3 rings (SSSR count). The number of benzene rings is 1. The van der Waals surface area contributed by atoms with E-state index in [1.54, 1.807) is 24.6 Å². The third kappa shape index (κ3) is 3.99. The van der Waals surface area contributed by atoms with Crippen molar-refractivity contribution in [2.45, 2.75) is 32.9 Å². The molecule has 0 saturated carbocycles. The molecule has 25 heavy (non-hydrogen) atoms. The number of aromatic nitrogens is 2. The van der Waals surface area contributed by atoms with Crippen LogP contribution >= 0.6 is 11.3 Å². The molecule has 0 aliphatic rings. The summed E-state index contributed by atoms with van der Waals surface area (Å²) in [7, 11) is 1.68. The lowest BCUT2D eigenvalue weighted by molar-refractivity contribution is 0.390. The van der Waals surface area contributed by atoms with E-state index in [0.717, 1.165) is 21.7 Å². The Kier molecular flexibility index (Phi) is 5.04. The van der Waals surface area contributed by atoms with Crippen LogP contribution in [-0.4, -0.2) is 16.7 Å². The standard InChI is InChI=1S/C20H23N3OS/c1-20(2,3)23-18(16-7-9-17(24-4)10-8-16)14-25-19(23)22-13-15-6-5-11-21-12-15/h5-12,14H,13H2,1-4H3. The fourth-order valence-electron chi connectivity index (χ4n) is 2.68. The minimum Gasteiger partial charge on any atom is -0.497 e. The summed E-state index contributed by atoms with van der Waals surface area (Å²) in [6, 6.07) is 12.2. The second-order valence-electron chi connectivity index (χ2n) is 6.82. The molecule has 0 aliphatic heterocycles. The average molecular weight is 353 g/mol. The highest BCUT2D eigenvalue weighted by Crippen LogP contribution is 2.27. The van der Waals surface area contributed by atoms with Crippen LogP contribution in [0.15, 0.2) is 59.2 Å². The van der Waals surface area contributed by atoms with Gasteiger partial charge in [0.25, 0.3) is 0 Å². The number of hydrogen-bond donors (Lipinski definition) is 0. The van der Waals surface area contributed by atoms with Crippen molar-refractivity contribution in [2.24, 2.45) is 4.99 Å². The van der Waals surface area contributed by atoms with Crippen LogP contribution in [0.2, 0.25) is 0 Å². The van der Waals surface area contributed by atoms with Gasteiger partial charge >= 0.3 is 0 Å². The van der Waals surface area contributed by atoms with Crippen molar-refractivity contribution < 1.29 is 4.74 Å². The number of pyridine rings is 1. The van der Waals surface area contributed by atoms with E-state index in [1.165, 1.54) is 5.69 Å². The Balaban J connectivity index is 2.04. The van der Waals surface area contributed by atoms with E-state index in [9.17, 15) is 0 Å². The SMILES string of the molecule is COc1ccc(-c2csc(=NCc3cccnc3)n2C(C)(C)C)cc1. The number of rotatable bonds is 4. The summed E-state index contributed by atoms with van der Waals surface area (Å²) in [6.07, 6.45) is 3.65. The lowest BCUT2D eigenvalue weighted by atomic mass is 10.1. The summed E-state index contributed by atoms with van der Waals surface area (Å²) in [6.45, 7) is 7.24. The summed E-state index contributed by atoms with van der Waals surface area (Å²) in [5.74, 6) is 0.864. The summed E-state index contributed by atoms with van der Waals surface area (Å²) >= 11 is 1.67. The number of hydrogen-bond acceptors (Lipinski definition) is 4. The Morgan fingerprint density at radius 1 is 1.16 bits per heavy atom. The van der Waals surface area contributed by atoms with Crippen molar-refractivity contribution in [3.05, 3.63) is 64.5 Å². The molecule has 0 fully saturated rings. The van der Waals surface area contributed by atoms with Crippen LogP contribution in [0.5, 0.6) is 5.75 Å². The third-order valence-electron chi connectivity index (χ3n) is 3.88. The van der Waals surface area contributed by atoms with Crippen LogP contribution in [-0.2, 0) is 12.1 Å². The van der Waals surface area contributed by atoms with Gasteiger partial charge < -0.3 is 9.30 Å². The maximum absolute atomic E-state index is 5.27. The van der Waals surface area contributed by atoms with E-state index in [1.807, 2.05) is 24.4 Å². The topological polar surface area (TPSA) is 39.4 Å². The summed E-state index contributed by atoms with van der Waals surface area (Å²) in [4.78, 5) is 10.0. The highest BCUT2D eigenvalue weighted by atomic mass is 32.1. The molecule has 130 valence electrons. The zero-order chi connectivity index (χ0) is 17.9. The van der Waals surface area contributed by atoms with Gasteiger partial charge in [-0.2, -0.15) is 0 Å². The van der Waals surface area contributed by atoms with E-state index >= 15 is 0 Å². The summed E-state index contributed by atoms with van der Waals surface area (Å²) in [5, 5.41) is 2.18. The van der Waals surface area contributed by atoms with Gasteiger partial charge in [0.2, 0.25) is 0 Å². The Bertz CT molecular complexity index is 887. The van der Waals surface area contributed by atoms with Gasteiger partial charge in [0, 0.05) is 23.3 Å². The van der Waals surface area contributed by atoms with Gasteiger partial charge in [0.05, 0.1) is 19.3 Å². The van der Waals surface area contributed by atoms with Crippen LogP contribution in [0.25, 0.3) is 11.3 Å². The predicted octanol–water partition coefficient (Wildman–Crippen LogP) is 4.48. The largest absolute Gasteiger partial charge is 0.497 e. The van der Waals surface area contributed by atoms with Gasteiger partial charge in [0.1, 0.15) is 5.75 Å². The van der Waals surface area contributed by atoms with E-state index in [-0.39, 0.29) is 5.54 Å². The molecular formula is C20H23N3OS. The van der Waals surface area contributed by atoms with Crippen molar-refractivity contribution in [2.75, 3.05) is 7.11 Å². The van der Waals surface area contributed by atoms with Crippen LogP contribution < -0.4 is 9.54 Å². The van der Waals surface area contributed by atoms with Crippen LogP contribution in [0.3, 0.4) is 0 Å². The molecule has 0 atom stereocenters. The molecule has 0 radical (unpaired) electrons. The Morgan fingerprint density at radius 2 is 1.92 bits per heavy atom. The number of methoxy groups -OCH3 is 1. The lowest BCUT2D eigenvalue weighted by Gasteiger charge is -2.24. The van der Waals surface area contributed by atoms with Gasteiger partial charge in [-0.25, -0.2) is 0 Å². The molecule has 2 heterocycles. The third-order valence-corrected chi connectivity index (χ3v) is 4.75. The highest BCUT2D eigenvalue weighted by Gasteiger charge is 2.19. The minimum atomic E-state index is -0.0664. The normalized spacial score (nSPS) is 12.4. The van der Waals surface area contributed by atoms with Crippen molar-refractivity contribution in [1.29, 1.82) is 0 Å². The molecule has 2 aromatic heterocycles. The summed E-state index contributed by atoms with van der Waals surface area (Å²) in [5.41, 5.74) is 3.38. The monoisotopic (exact) mass is 353 g/mol. The van der Waals surface area contributed by atoms with Crippen LogP contribution in [0.4, 0.5) is 0 Å². The molecule has 0 amide bonds. The second kappa shape index (κ2) is 7.23. The molecule has 1 aromatic carbocycles. The lowest BCUT2D eigenvalue weighted by Crippen LogP contribution is -2.31. The zero-order valence-electron chi connectivity index (χ0n) is 15.1. The molecule has 0 bridgehead atoms. The molecule has 4 nitrogen and oxygen atoms in total. The Morgan fingerprint density at radius 3 is 2.52 bits per heavy atom. The van der Waals surface area contributed by atoms with Crippen LogP contribution in [0, 0.1) is 0 Å². The Hall–Kier alpha value is -2.40. The average Bonchev–Trinajstić information content (AvgIpc) is 3.05. The van der Waals surface area contributed by atoms with E-state index in [0.29, 0.717) is 6.54 Å². The Labute approximate surface area is 152 Å². The maximum atomic E-state index is 5.27. The summed E-state index contributed by atoms with van der Waals surface area (Å²) < 4.78 is 7.57. The number of nitrogens with zero attached hydrogens (tertiary/aromatic N) is 3. The first-order valence-electron chi connectivity index (χ1n) is 8.24. The van der Waals surface area contributed by atoms with Gasteiger partial charge in [-0.15, -0.1) is 11.3 Å². The molecule has 0 saturated heterocycles. The van der Waals surface area contributed by atoms with E-state index in [2.05, 4.69) is 53.9 Å². The van der Waals surface area contributed by atoms with Gasteiger partial charge in [0.15, 0.2) is 4.80 Å². The molecule has 0 spiro atoms. The fraction of sp³-hybridized carbons (Fsp3) is 0.300. The minimum absolute atomic E-state index is 0.0664. The van der Waals surface area contributed by atoms with Crippen LogP contribution in [0.1, 0.15) is 26.3 Å². The second-order valence-corrected chi connectivity index (χ2v) is 7.65. The number of thiazole rings is 1. The predicted molar refractivity (Wildman–Crippen MR) is 103 cm³/mol. The molecule has 0 aliphatic carbocycles. The maximum Gasteiger partial charge on any atom is 0.186 e. The zero-order valence-corrected chi connectivity index (χ0v) is 15.9.